The van der Waals surface area contributed by atoms with Crippen LogP contribution in [0, 0.1) is 0 Å². The van der Waals surface area contributed by atoms with Crippen molar-refractivity contribution in [1.82, 2.24) is 0 Å². The van der Waals surface area contributed by atoms with Crippen molar-refractivity contribution in [3.63, 3.8) is 0 Å². The minimum Gasteiger partial charge on any atom is -0.870 e. The van der Waals surface area contributed by atoms with E-state index in [-0.39, 0.29) is 51.7 Å². The van der Waals surface area contributed by atoms with Crippen molar-refractivity contribution in [1.29, 1.82) is 0 Å². The Labute approximate surface area is 183 Å². The van der Waals surface area contributed by atoms with Crippen molar-refractivity contribution >= 4 is 10.1 Å². The van der Waals surface area contributed by atoms with Crippen molar-refractivity contribution < 1.29 is 52.4 Å². The molecule has 2 aromatic rings. The van der Waals surface area contributed by atoms with E-state index in [1.807, 2.05) is 0 Å². The summed E-state index contributed by atoms with van der Waals surface area (Å²) < 4.78 is 37.8. The van der Waals surface area contributed by atoms with E-state index in [2.05, 4.69) is 6.92 Å². The van der Waals surface area contributed by atoms with E-state index in [1.165, 1.54) is 43.5 Å². The van der Waals surface area contributed by atoms with Crippen LogP contribution in [0.1, 0.15) is 51.0 Å². The molecule has 0 amide bonds. The number of rotatable bonds is 10. The van der Waals surface area contributed by atoms with Crippen LogP contribution in [0.3, 0.4) is 0 Å². The van der Waals surface area contributed by atoms with Crippen LogP contribution in [0.5, 0.6) is 17.2 Å². The van der Waals surface area contributed by atoms with Gasteiger partial charge in [-0.2, -0.15) is 8.42 Å². The molecule has 0 unspecified atom stereocenters. The summed E-state index contributed by atoms with van der Waals surface area (Å²) in [5, 5.41) is 11.9. The molecule has 0 saturated carbocycles. The molecule has 0 aliphatic carbocycles. The number of unbranched alkanes of at least 4 members (excludes halogenated alkanes) is 5. The first-order valence-corrected chi connectivity index (χ1v) is 10.4. The molecule has 7 heteroatoms. The standard InChI is InChI=1S/C20H26O5S.Na/c1-2-3-4-5-6-7-10-16-13-14-17(26(22,23)24)15-20(16)25-19-12-9-8-11-18(19)21;/h8-9,11-15,21H,2-7,10H2,1H3,(H,22,23,24);/q;+1/p-1. The van der Waals surface area contributed by atoms with E-state index in [1.54, 1.807) is 18.2 Å². The van der Waals surface area contributed by atoms with Gasteiger partial charge in [0, 0.05) is 6.07 Å². The average molecular weight is 400 g/mol. The van der Waals surface area contributed by atoms with Gasteiger partial charge in [-0.15, -0.1) is 0 Å². The van der Waals surface area contributed by atoms with Crippen molar-refractivity contribution in [2.45, 2.75) is 56.8 Å². The van der Waals surface area contributed by atoms with Crippen LogP contribution < -0.4 is 39.4 Å². The zero-order valence-corrected chi connectivity index (χ0v) is 18.8. The summed E-state index contributed by atoms with van der Waals surface area (Å²) >= 11 is 0. The molecule has 2 rings (SSSR count). The van der Waals surface area contributed by atoms with Gasteiger partial charge in [0.1, 0.15) is 11.5 Å². The maximum absolute atomic E-state index is 11.9. The second-order valence-corrected chi connectivity index (χ2v) is 7.73. The molecule has 0 bridgehead atoms. The smallest absolute Gasteiger partial charge is 0.870 e. The topological polar surface area (TPSA) is 86.7 Å². The summed E-state index contributed by atoms with van der Waals surface area (Å²) in [6.45, 7) is 2.17. The molecule has 0 aliphatic rings. The van der Waals surface area contributed by atoms with E-state index >= 15 is 0 Å². The molecule has 0 atom stereocenters. The number of para-hydroxylation sites is 2. The molecule has 27 heavy (non-hydrogen) atoms. The molecule has 0 saturated heterocycles. The predicted octanol–water partition coefficient (Wildman–Crippen LogP) is 1.71. The molecule has 0 aliphatic heterocycles. The van der Waals surface area contributed by atoms with Gasteiger partial charge in [0.15, 0.2) is 0 Å². The number of hydrogen-bond donors (Lipinski definition) is 1. The number of hydrogen-bond acceptors (Lipinski definition) is 4. The Morgan fingerprint density at radius 3 is 2.30 bits per heavy atom. The average Bonchev–Trinajstić information content (AvgIpc) is 2.60. The second kappa shape index (κ2) is 11.7. The molecular formula is C20H25NaO5S. The minimum absolute atomic E-state index is 0. The third-order valence-corrected chi connectivity index (χ3v) is 5.05. The van der Waals surface area contributed by atoms with Crippen molar-refractivity contribution in [2.75, 3.05) is 0 Å². The predicted molar refractivity (Wildman–Crippen MR) is 99.3 cm³/mol. The molecule has 1 N–H and O–H groups in total. The van der Waals surface area contributed by atoms with Crippen LogP contribution in [0.15, 0.2) is 47.4 Å². The SMILES string of the molecule is CCCCCCCCc1ccc(S(=O)(=O)O)cc1Oc1ccccc1[O-].[Na+]. The Bertz CT molecular complexity index is 821. The van der Waals surface area contributed by atoms with Gasteiger partial charge in [-0.3, -0.25) is 4.55 Å². The zero-order chi connectivity index (χ0) is 19.0. The molecule has 0 heterocycles. The molecular weight excluding hydrogens is 375 g/mol. The van der Waals surface area contributed by atoms with Gasteiger partial charge < -0.3 is 9.84 Å². The summed E-state index contributed by atoms with van der Waals surface area (Å²) in [6.07, 6.45) is 7.55. The summed E-state index contributed by atoms with van der Waals surface area (Å²) in [5.74, 6) is 0.136. The Morgan fingerprint density at radius 1 is 0.963 bits per heavy atom. The van der Waals surface area contributed by atoms with Gasteiger partial charge in [-0.05, 0) is 30.5 Å². The van der Waals surface area contributed by atoms with Gasteiger partial charge in [0.25, 0.3) is 10.1 Å². The zero-order valence-electron chi connectivity index (χ0n) is 16.0. The Balaban J connectivity index is 0.00000364. The molecule has 5 nitrogen and oxygen atoms in total. The normalized spacial score (nSPS) is 11.0. The first-order valence-electron chi connectivity index (χ1n) is 8.96. The Hall–Kier alpha value is -1.05. The van der Waals surface area contributed by atoms with Crippen LogP contribution in [0.4, 0.5) is 0 Å². The molecule has 2 aromatic carbocycles. The fraction of sp³-hybridized carbons (Fsp3) is 0.400. The first-order chi connectivity index (χ1) is 12.4. The number of benzene rings is 2. The van der Waals surface area contributed by atoms with Crippen LogP contribution >= 0.6 is 0 Å². The van der Waals surface area contributed by atoms with Crippen LogP contribution in [-0.4, -0.2) is 13.0 Å². The van der Waals surface area contributed by atoms with Gasteiger partial charge in [-0.1, -0.05) is 69.0 Å². The van der Waals surface area contributed by atoms with Crippen LogP contribution in [-0.2, 0) is 16.5 Å². The fourth-order valence-corrected chi connectivity index (χ4v) is 3.24. The van der Waals surface area contributed by atoms with Gasteiger partial charge in [0.05, 0.1) is 4.90 Å². The van der Waals surface area contributed by atoms with Gasteiger partial charge in [0.2, 0.25) is 0 Å². The van der Waals surface area contributed by atoms with Gasteiger partial charge >= 0.3 is 29.6 Å². The quantitative estimate of drug-likeness (QED) is 0.373. The maximum atomic E-state index is 11.9. The third-order valence-electron chi connectivity index (χ3n) is 4.21. The third kappa shape index (κ3) is 7.84. The van der Waals surface area contributed by atoms with E-state index in [4.69, 9.17) is 4.74 Å². The molecule has 142 valence electrons. The molecule has 0 spiro atoms. The largest absolute Gasteiger partial charge is 1.00 e. The van der Waals surface area contributed by atoms with E-state index in [0.717, 1.165) is 24.8 Å². The Kier molecular flexibility index (Phi) is 10.4. The molecule has 0 radical (unpaired) electrons. The summed E-state index contributed by atoms with van der Waals surface area (Å²) in [5.41, 5.74) is 0.816. The van der Waals surface area contributed by atoms with Crippen molar-refractivity contribution in [3.05, 3.63) is 48.0 Å². The second-order valence-electron chi connectivity index (χ2n) is 6.31. The van der Waals surface area contributed by atoms with E-state index in [9.17, 15) is 18.1 Å². The summed E-state index contributed by atoms with van der Waals surface area (Å²) in [6, 6.07) is 10.5. The fourth-order valence-electron chi connectivity index (χ4n) is 2.75. The molecule has 0 aromatic heterocycles. The Morgan fingerprint density at radius 2 is 1.63 bits per heavy atom. The molecule has 0 fully saturated rings. The minimum atomic E-state index is -4.34. The van der Waals surface area contributed by atoms with E-state index in [0.29, 0.717) is 6.42 Å². The summed E-state index contributed by atoms with van der Waals surface area (Å²) in [4.78, 5) is -0.248. The van der Waals surface area contributed by atoms with Gasteiger partial charge in [-0.25, -0.2) is 0 Å². The van der Waals surface area contributed by atoms with E-state index < -0.39 is 10.1 Å². The number of aryl methyl sites for hydroxylation is 1. The van der Waals surface area contributed by atoms with Crippen molar-refractivity contribution in [3.8, 4) is 17.2 Å². The van der Waals surface area contributed by atoms with Crippen LogP contribution in [0.2, 0.25) is 0 Å². The monoisotopic (exact) mass is 400 g/mol. The summed E-state index contributed by atoms with van der Waals surface area (Å²) in [7, 11) is -4.34. The van der Waals surface area contributed by atoms with Crippen molar-refractivity contribution in [2.24, 2.45) is 0 Å². The maximum Gasteiger partial charge on any atom is 1.00 e. The number of ether oxygens (including phenoxy) is 1. The first kappa shape index (κ1) is 24.0. The van der Waals surface area contributed by atoms with Crippen LogP contribution in [0.25, 0.3) is 0 Å².